The van der Waals surface area contributed by atoms with Crippen molar-refractivity contribution in [2.75, 3.05) is 0 Å². The van der Waals surface area contributed by atoms with Gasteiger partial charge in [0.1, 0.15) is 7.74 Å². The van der Waals surface area contributed by atoms with Crippen molar-refractivity contribution in [2.24, 2.45) is 0 Å². The Kier molecular flexibility index (Phi) is 2.63. The average Bonchev–Trinajstić information content (AvgIpc) is 1.35. The van der Waals surface area contributed by atoms with Gasteiger partial charge in [-0.25, -0.2) is 0 Å². The zero-order valence-corrected chi connectivity index (χ0v) is 3.97. The Labute approximate surface area is 38.4 Å². The van der Waals surface area contributed by atoms with E-state index in [-0.39, 0.29) is 6.81 Å². The third kappa shape index (κ3) is 3.60. The third-order valence-electron chi connectivity index (χ3n) is 0.328. The van der Waals surface area contributed by atoms with E-state index < -0.39 is 0 Å². The molecule has 32 valence electrons. The van der Waals surface area contributed by atoms with Crippen molar-refractivity contribution in [3.8, 4) is 0 Å². The molecule has 2 nitrogen and oxygen atoms in total. The van der Waals surface area contributed by atoms with Crippen LogP contribution in [0, 0.1) is 0 Å². The standard InChI is InChI=1S/C2H6B2O2/c1-4(3)6-2-5/h2H,3H2,1H3. The fourth-order valence-corrected chi connectivity index (χ4v) is 0.111. The van der Waals surface area contributed by atoms with E-state index in [9.17, 15) is 4.79 Å². The van der Waals surface area contributed by atoms with Crippen molar-refractivity contribution in [3.63, 3.8) is 0 Å². The van der Waals surface area contributed by atoms with Gasteiger partial charge in [0.25, 0.3) is 6.47 Å². The van der Waals surface area contributed by atoms with Gasteiger partial charge < -0.3 is 4.65 Å². The van der Waals surface area contributed by atoms with Crippen molar-refractivity contribution in [2.45, 2.75) is 6.82 Å². The van der Waals surface area contributed by atoms with Gasteiger partial charge in [-0.15, -0.1) is 0 Å². The van der Waals surface area contributed by atoms with E-state index in [1.807, 2.05) is 0 Å². The van der Waals surface area contributed by atoms with Crippen molar-refractivity contribution in [1.29, 1.82) is 0 Å². The molecule has 0 aromatic rings. The Morgan fingerprint density at radius 1 is 2.00 bits per heavy atom. The highest BCUT2D eigenvalue weighted by Gasteiger charge is 1.93. The van der Waals surface area contributed by atoms with Gasteiger partial charge in [-0.05, 0) is 0 Å². The molecule has 0 atom stereocenters. The quantitative estimate of drug-likeness (QED) is 0.313. The second-order valence-corrected chi connectivity index (χ2v) is 1.28. The molecule has 0 saturated carbocycles. The van der Waals surface area contributed by atoms with Crippen molar-refractivity contribution < 1.29 is 9.45 Å². The first-order valence-electron chi connectivity index (χ1n) is 1.86. The second-order valence-electron chi connectivity index (χ2n) is 1.28. The van der Waals surface area contributed by atoms with Crippen LogP contribution in [0.25, 0.3) is 0 Å². The number of carbonyl (C=O) groups is 1. The first-order chi connectivity index (χ1) is 2.77. The normalized spacial score (nSPS) is 6.83. The predicted octanol–water partition coefficient (Wildman–Crippen LogP) is -1.09. The van der Waals surface area contributed by atoms with Crippen LogP contribution >= 0.6 is 0 Å². The smallest absolute Gasteiger partial charge is 0.307 e. The summed E-state index contributed by atoms with van der Waals surface area (Å²) in [6.07, 6.45) is 0. The van der Waals surface area contributed by atoms with E-state index in [0.717, 1.165) is 0 Å². The van der Waals surface area contributed by atoms with Gasteiger partial charge in [0.15, 0.2) is 0 Å². The van der Waals surface area contributed by atoms with Gasteiger partial charge in [-0.3, -0.25) is 4.79 Å². The summed E-state index contributed by atoms with van der Waals surface area (Å²) < 4.78 is 4.36. The van der Waals surface area contributed by atoms with Crippen LogP contribution in [-0.4, -0.2) is 21.0 Å². The lowest BCUT2D eigenvalue weighted by molar-refractivity contribution is -0.120. The molecular formula is C2H6B2O2. The Bertz CT molecular complexity index is 44.8. The second kappa shape index (κ2) is 2.82. The Balaban J connectivity index is 2.81. The summed E-state index contributed by atoms with van der Waals surface area (Å²) in [5.74, 6) is 0. The molecule has 0 aliphatic heterocycles. The van der Waals surface area contributed by atoms with Gasteiger partial charge in [0.2, 0.25) is 0 Å². The summed E-state index contributed by atoms with van der Waals surface area (Å²) in [6.45, 7) is 2.28. The maximum atomic E-state index is 9.39. The molecule has 0 amide bonds. The van der Waals surface area contributed by atoms with E-state index in [4.69, 9.17) is 0 Å². The fraction of sp³-hybridized carbons (Fsp3) is 0.500. The van der Waals surface area contributed by atoms with Crippen molar-refractivity contribution >= 4 is 21.0 Å². The van der Waals surface area contributed by atoms with E-state index in [2.05, 4.69) is 4.65 Å². The van der Waals surface area contributed by atoms with E-state index in [0.29, 0.717) is 6.47 Å². The SMILES string of the molecule is BB(C)OC=O. The highest BCUT2D eigenvalue weighted by Crippen LogP contribution is 1.67. The van der Waals surface area contributed by atoms with Gasteiger partial charge in [-0.2, -0.15) is 0 Å². The van der Waals surface area contributed by atoms with E-state index in [1.165, 1.54) is 0 Å². The topological polar surface area (TPSA) is 26.3 Å². The molecule has 0 aliphatic rings. The van der Waals surface area contributed by atoms with Gasteiger partial charge in [-0.1, -0.05) is 6.82 Å². The van der Waals surface area contributed by atoms with Crippen LogP contribution in [0.4, 0.5) is 0 Å². The molecule has 6 heavy (non-hydrogen) atoms. The number of rotatable bonds is 2. The highest BCUT2D eigenvalue weighted by molar-refractivity contribution is 6.99. The predicted molar refractivity (Wildman–Crippen MR) is 27.3 cm³/mol. The Morgan fingerprint density at radius 2 is 2.50 bits per heavy atom. The Hall–Kier alpha value is -0.400. The summed E-state index contributed by atoms with van der Waals surface area (Å²) >= 11 is 0. The molecule has 0 rings (SSSR count). The lowest BCUT2D eigenvalue weighted by Gasteiger charge is -1.91. The molecule has 0 N–H and O–H groups in total. The minimum Gasteiger partial charge on any atom is -0.547 e. The summed E-state index contributed by atoms with van der Waals surface area (Å²) in [5.41, 5.74) is 0. The molecule has 0 aromatic heterocycles. The summed E-state index contributed by atoms with van der Waals surface area (Å²) in [6, 6.07) is 0. The molecule has 0 spiro atoms. The van der Waals surface area contributed by atoms with Crippen molar-refractivity contribution in [3.05, 3.63) is 0 Å². The third-order valence-corrected chi connectivity index (χ3v) is 0.328. The number of hydrogen-bond donors (Lipinski definition) is 0. The molecular weight excluding hydrogens is 77.6 g/mol. The lowest BCUT2D eigenvalue weighted by Crippen LogP contribution is -2.10. The van der Waals surface area contributed by atoms with Gasteiger partial charge >= 0.3 is 6.81 Å². The summed E-state index contributed by atoms with van der Waals surface area (Å²) in [4.78, 5) is 9.39. The maximum Gasteiger partial charge on any atom is 0.307 e. The molecule has 0 aliphatic carbocycles. The monoisotopic (exact) mass is 84.1 g/mol. The van der Waals surface area contributed by atoms with Gasteiger partial charge in [0.05, 0.1) is 0 Å². The zero-order valence-electron chi connectivity index (χ0n) is 3.97. The Morgan fingerprint density at radius 3 is 2.50 bits per heavy atom. The molecule has 0 saturated heterocycles. The van der Waals surface area contributed by atoms with Crippen LogP contribution in [0.1, 0.15) is 0 Å². The number of carbonyl (C=O) groups excluding carboxylic acids is 1. The van der Waals surface area contributed by atoms with Gasteiger partial charge in [0, 0.05) is 0 Å². The van der Waals surface area contributed by atoms with Crippen LogP contribution in [0.5, 0.6) is 0 Å². The molecule has 0 heterocycles. The van der Waals surface area contributed by atoms with Crippen LogP contribution < -0.4 is 0 Å². The minimum atomic E-state index is 0.0301. The van der Waals surface area contributed by atoms with Crippen LogP contribution in [0.15, 0.2) is 0 Å². The molecule has 0 unspecified atom stereocenters. The van der Waals surface area contributed by atoms with E-state index >= 15 is 0 Å². The highest BCUT2D eigenvalue weighted by atomic mass is 16.5. The first-order valence-corrected chi connectivity index (χ1v) is 1.86. The van der Waals surface area contributed by atoms with Crippen LogP contribution in [0.2, 0.25) is 6.82 Å². The molecule has 4 heteroatoms. The minimum absolute atomic E-state index is 0.0301. The molecule has 0 fully saturated rings. The summed E-state index contributed by atoms with van der Waals surface area (Å²) in [5, 5.41) is 0. The maximum absolute atomic E-state index is 9.39. The molecule has 0 bridgehead atoms. The largest absolute Gasteiger partial charge is 0.547 e. The van der Waals surface area contributed by atoms with Crippen LogP contribution in [0.3, 0.4) is 0 Å². The lowest BCUT2D eigenvalue weighted by atomic mass is 9.49. The molecule has 0 radical (unpaired) electrons. The first kappa shape index (κ1) is 5.60. The number of hydrogen-bond acceptors (Lipinski definition) is 2. The fourth-order valence-electron chi connectivity index (χ4n) is 0.111. The average molecular weight is 83.7 g/mol. The van der Waals surface area contributed by atoms with Crippen molar-refractivity contribution in [1.82, 2.24) is 0 Å². The summed E-state index contributed by atoms with van der Waals surface area (Å²) in [7, 11) is 1.80. The molecule has 0 aromatic carbocycles. The van der Waals surface area contributed by atoms with E-state index in [1.54, 1.807) is 14.6 Å². The zero-order chi connectivity index (χ0) is 4.99. The van der Waals surface area contributed by atoms with Crippen LogP contribution in [-0.2, 0) is 9.45 Å².